The summed E-state index contributed by atoms with van der Waals surface area (Å²) >= 11 is 0. The molecular weight excluding hydrogens is 256 g/mol. The molecule has 1 aliphatic carbocycles. The summed E-state index contributed by atoms with van der Waals surface area (Å²) in [4.78, 5) is 10.6. The van der Waals surface area contributed by atoms with Crippen LogP contribution in [0.5, 0.6) is 0 Å². The van der Waals surface area contributed by atoms with Crippen LogP contribution in [0.1, 0.15) is 30.5 Å². The third kappa shape index (κ3) is 3.05. The molecule has 0 spiro atoms. The number of rotatable bonds is 5. The Labute approximate surface area is 118 Å². The Morgan fingerprint density at radius 1 is 1.50 bits per heavy atom. The van der Waals surface area contributed by atoms with Crippen LogP contribution in [0.3, 0.4) is 0 Å². The number of benzene rings is 1. The van der Waals surface area contributed by atoms with E-state index in [2.05, 4.69) is 11.4 Å². The van der Waals surface area contributed by atoms with Crippen molar-refractivity contribution in [2.45, 2.75) is 32.4 Å². The van der Waals surface area contributed by atoms with Gasteiger partial charge in [-0.05, 0) is 25.8 Å². The van der Waals surface area contributed by atoms with E-state index in [0.717, 1.165) is 12.0 Å². The van der Waals surface area contributed by atoms with E-state index in [1.165, 1.54) is 6.07 Å². The molecule has 0 unspecified atom stereocenters. The highest BCUT2D eigenvalue weighted by Gasteiger charge is 2.22. The van der Waals surface area contributed by atoms with Crippen LogP contribution < -0.4 is 5.32 Å². The zero-order valence-electron chi connectivity index (χ0n) is 11.7. The highest BCUT2D eigenvalue weighted by Crippen LogP contribution is 2.27. The third-order valence-corrected chi connectivity index (χ3v) is 3.88. The van der Waals surface area contributed by atoms with E-state index in [0.29, 0.717) is 5.56 Å². The van der Waals surface area contributed by atoms with Crippen LogP contribution in [0.4, 0.5) is 5.69 Å². The van der Waals surface area contributed by atoms with Crippen molar-refractivity contribution in [3.63, 3.8) is 0 Å². The molecule has 0 saturated heterocycles. The van der Waals surface area contributed by atoms with E-state index in [1.807, 2.05) is 19.1 Å². The number of nitro benzene ring substituents is 1. The zero-order valence-corrected chi connectivity index (χ0v) is 11.7. The van der Waals surface area contributed by atoms with Crippen molar-refractivity contribution in [2.24, 2.45) is 5.92 Å². The van der Waals surface area contributed by atoms with Gasteiger partial charge >= 0.3 is 0 Å². The van der Waals surface area contributed by atoms with Gasteiger partial charge in [0.1, 0.15) is 0 Å². The topological polar surface area (TPSA) is 75.4 Å². The van der Waals surface area contributed by atoms with Crippen LogP contribution in [0, 0.1) is 23.0 Å². The van der Waals surface area contributed by atoms with Crippen LogP contribution >= 0.6 is 0 Å². The van der Waals surface area contributed by atoms with E-state index in [1.54, 1.807) is 13.0 Å². The minimum atomic E-state index is -0.344. The highest BCUT2D eigenvalue weighted by molar-refractivity contribution is 5.45. The molecule has 0 aromatic heterocycles. The van der Waals surface area contributed by atoms with Gasteiger partial charge in [0.05, 0.1) is 4.92 Å². The molecule has 5 nitrogen and oxygen atoms in total. The van der Waals surface area contributed by atoms with Gasteiger partial charge in [-0.15, -0.1) is 0 Å². The van der Waals surface area contributed by atoms with Crippen molar-refractivity contribution < 1.29 is 10.0 Å². The summed E-state index contributed by atoms with van der Waals surface area (Å²) in [6.45, 7) is 3.96. The molecule has 2 N–H and O–H groups in total. The monoisotopic (exact) mass is 276 g/mol. The van der Waals surface area contributed by atoms with Crippen molar-refractivity contribution in [1.29, 1.82) is 0 Å². The molecule has 0 heterocycles. The van der Waals surface area contributed by atoms with Gasteiger partial charge in [-0.1, -0.05) is 24.3 Å². The van der Waals surface area contributed by atoms with Crippen LogP contribution in [-0.2, 0) is 0 Å². The van der Waals surface area contributed by atoms with Gasteiger partial charge in [-0.3, -0.25) is 10.1 Å². The molecule has 0 fully saturated rings. The standard InChI is InChI=1S/C15H20N2O3/c1-10-14(4-3-5-15(10)17(19)20)11(2)16-13-7-6-12(8-13)9-18/h3-7,11-13,16,18H,8-9H2,1-2H3/t11-,12-,13+/m0/s1. The van der Waals surface area contributed by atoms with Gasteiger partial charge in [0.25, 0.3) is 5.69 Å². The molecule has 0 aliphatic heterocycles. The van der Waals surface area contributed by atoms with Crippen molar-refractivity contribution in [2.75, 3.05) is 6.61 Å². The molecule has 108 valence electrons. The first-order valence-electron chi connectivity index (χ1n) is 6.82. The molecule has 20 heavy (non-hydrogen) atoms. The molecule has 1 aliphatic rings. The lowest BCUT2D eigenvalue weighted by atomic mass is 9.99. The summed E-state index contributed by atoms with van der Waals surface area (Å²) in [5, 5.41) is 23.5. The maximum atomic E-state index is 11.0. The number of hydrogen-bond acceptors (Lipinski definition) is 4. The second kappa shape index (κ2) is 6.15. The first kappa shape index (κ1) is 14.7. The number of nitro groups is 1. The first-order chi connectivity index (χ1) is 9.52. The fourth-order valence-electron chi connectivity index (χ4n) is 2.75. The maximum Gasteiger partial charge on any atom is 0.272 e. The van der Waals surface area contributed by atoms with E-state index in [4.69, 9.17) is 5.11 Å². The van der Waals surface area contributed by atoms with Crippen molar-refractivity contribution in [1.82, 2.24) is 5.32 Å². The zero-order chi connectivity index (χ0) is 14.7. The second-order valence-corrected chi connectivity index (χ2v) is 5.31. The van der Waals surface area contributed by atoms with Gasteiger partial charge in [0.2, 0.25) is 0 Å². The normalized spacial score (nSPS) is 22.9. The lowest BCUT2D eigenvalue weighted by molar-refractivity contribution is -0.385. The van der Waals surface area contributed by atoms with Crippen LogP contribution in [0.25, 0.3) is 0 Å². The average Bonchev–Trinajstić information content (AvgIpc) is 2.86. The maximum absolute atomic E-state index is 11.0. The summed E-state index contributed by atoms with van der Waals surface area (Å²) in [5.41, 5.74) is 1.81. The molecule has 2 rings (SSSR count). The number of nitrogens with zero attached hydrogens (tertiary/aromatic N) is 1. The second-order valence-electron chi connectivity index (χ2n) is 5.31. The molecule has 5 heteroatoms. The Balaban J connectivity index is 2.10. The summed E-state index contributed by atoms with van der Waals surface area (Å²) in [7, 11) is 0. The lowest BCUT2D eigenvalue weighted by Crippen LogP contribution is -2.29. The van der Waals surface area contributed by atoms with Crippen LogP contribution in [-0.4, -0.2) is 22.7 Å². The van der Waals surface area contributed by atoms with E-state index < -0.39 is 0 Å². The molecule has 0 bridgehead atoms. The van der Waals surface area contributed by atoms with Crippen molar-refractivity contribution in [3.05, 3.63) is 51.6 Å². The van der Waals surface area contributed by atoms with Gasteiger partial charge in [-0.25, -0.2) is 0 Å². The number of hydrogen-bond donors (Lipinski definition) is 2. The minimum Gasteiger partial charge on any atom is -0.396 e. The van der Waals surface area contributed by atoms with Gasteiger partial charge in [0.15, 0.2) is 0 Å². The van der Waals surface area contributed by atoms with E-state index >= 15 is 0 Å². The fraction of sp³-hybridized carbons (Fsp3) is 0.467. The summed E-state index contributed by atoms with van der Waals surface area (Å²) in [6.07, 6.45) is 4.95. The molecular formula is C15H20N2O3. The van der Waals surface area contributed by atoms with Crippen molar-refractivity contribution in [3.8, 4) is 0 Å². The van der Waals surface area contributed by atoms with Gasteiger partial charge in [0, 0.05) is 36.2 Å². The highest BCUT2D eigenvalue weighted by atomic mass is 16.6. The summed E-state index contributed by atoms with van der Waals surface area (Å²) in [5.74, 6) is 0.214. The Bertz CT molecular complexity index is 528. The lowest BCUT2D eigenvalue weighted by Gasteiger charge is -2.21. The van der Waals surface area contributed by atoms with Gasteiger partial charge < -0.3 is 10.4 Å². The Kier molecular flexibility index (Phi) is 4.52. The summed E-state index contributed by atoms with van der Waals surface area (Å²) in [6, 6.07) is 5.41. The van der Waals surface area contributed by atoms with Crippen molar-refractivity contribution >= 4 is 5.69 Å². The Hall–Kier alpha value is -1.72. The molecule has 0 saturated carbocycles. The van der Waals surface area contributed by atoms with Crippen LogP contribution in [0.2, 0.25) is 0 Å². The first-order valence-corrected chi connectivity index (χ1v) is 6.82. The SMILES string of the molecule is Cc1c([C@H](C)N[C@@H]2C=C[C@H](CO)C2)cccc1[N+](=O)[O-]. The number of aliphatic hydroxyl groups excluding tert-OH is 1. The number of nitrogens with one attached hydrogen (secondary N) is 1. The molecule has 1 aromatic rings. The molecule has 0 radical (unpaired) electrons. The predicted octanol–water partition coefficient (Wildman–Crippen LogP) is 2.49. The van der Waals surface area contributed by atoms with Crippen LogP contribution in [0.15, 0.2) is 30.4 Å². The minimum absolute atomic E-state index is 0.0296. The van der Waals surface area contributed by atoms with Gasteiger partial charge in [-0.2, -0.15) is 0 Å². The Morgan fingerprint density at radius 2 is 2.25 bits per heavy atom. The average molecular weight is 276 g/mol. The summed E-state index contributed by atoms with van der Waals surface area (Å²) < 4.78 is 0. The quantitative estimate of drug-likeness (QED) is 0.492. The smallest absolute Gasteiger partial charge is 0.272 e. The third-order valence-electron chi connectivity index (χ3n) is 3.88. The fourth-order valence-corrected chi connectivity index (χ4v) is 2.75. The Morgan fingerprint density at radius 3 is 2.85 bits per heavy atom. The largest absolute Gasteiger partial charge is 0.396 e. The van der Waals surface area contributed by atoms with E-state index in [-0.39, 0.29) is 35.2 Å². The number of aliphatic hydroxyl groups is 1. The predicted molar refractivity (Wildman–Crippen MR) is 77.5 cm³/mol. The van der Waals surface area contributed by atoms with E-state index in [9.17, 15) is 10.1 Å². The molecule has 3 atom stereocenters. The molecule has 1 aromatic carbocycles. The molecule has 0 amide bonds.